The van der Waals surface area contributed by atoms with Crippen molar-refractivity contribution in [1.82, 2.24) is 19.9 Å². The topological polar surface area (TPSA) is 84.0 Å². The highest BCUT2D eigenvalue weighted by molar-refractivity contribution is 6.31. The molecule has 4 rings (SSSR count). The predicted octanol–water partition coefficient (Wildman–Crippen LogP) is 5.39. The summed E-state index contributed by atoms with van der Waals surface area (Å²) in [6.07, 6.45) is 1.41. The van der Waals surface area contributed by atoms with E-state index in [0.29, 0.717) is 17.0 Å². The Labute approximate surface area is 191 Å². The number of methoxy groups -OCH3 is 1. The summed E-state index contributed by atoms with van der Waals surface area (Å²) >= 11 is 6.05. The third-order valence-corrected chi connectivity index (χ3v) is 5.12. The Balaban J connectivity index is 1.53. The Morgan fingerprint density at radius 1 is 1.09 bits per heavy atom. The minimum Gasteiger partial charge on any atom is -0.452 e. The average molecular weight is 476 g/mol. The highest BCUT2D eigenvalue weighted by Gasteiger charge is 2.32. The van der Waals surface area contributed by atoms with Crippen LogP contribution in [0.25, 0.3) is 11.0 Å². The molecule has 11 heteroatoms. The second kappa shape index (κ2) is 9.07. The quantitative estimate of drug-likeness (QED) is 0.418. The molecule has 33 heavy (non-hydrogen) atoms. The first-order chi connectivity index (χ1) is 15.7. The maximum absolute atomic E-state index is 12.7. The second-order valence-corrected chi connectivity index (χ2v) is 7.61. The Kier molecular flexibility index (Phi) is 6.19. The normalized spacial score (nSPS) is 11.5. The van der Waals surface area contributed by atoms with Gasteiger partial charge in [0, 0.05) is 36.6 Å². The molecule has 0 saturated heterocycles. The van der Waals surface area contributed by atoms with Crippen LogP contribution in [0.3, 0.4) is 0 Å². The summed E-state index contributed by atoms with van der Waals surface area (Å²) in [7, 11) is 1.21. The van der Waals surface area contributed by atoms with Gasteiger partial charge in [0.2, 0.25) is 0 Å². The van der Waals surface area contributed by atoms with Gasteiger partial charge in [0.1, 0.15) is 17.2 Å². The summed E-state index contributed by atoms with van der Waals surface area (Å²) in [5, 5.41) is 1.43. The summed E-state index contributed by atoms with van der Waals surface area (Å²) in [6, 6.07) is 7.40. The first-order valence-corrected chi connectivity index (χ1v) is 10.1. The predicted molar refractivity (Wildman–Crippen MR) is 116 cm³/mol. The van der Waals surface area contributed by atoms with Crippen molar-refractivity contribution < 1.29 is 22.7 Å². The van der Waals surface area contributed by atoms with Gasteiger partial charge in [0.15, 0.2) is 0 Å². The van der Waals surface area contributed by atoms with Crippen LogP contribution in [0.5, 0.6) is 0 Å². The molecule has 0 aliphatic rings. The molecule has 0 unspecified atom stereocenters. The van der Waals surface area contributed by atoms with E-state index < -0.39 is 18.0 Å². The van der Waals surface area contributed by atoms with Crippen molar-refractivity contribution in [3.8, 4) is 0 Å². The molecular formula is C22H17ClF3N5O2. The monoisotopic (exact) mass is 475 g/mol. The number of fused-ring (bicyclic) bond motifs is 1. The molecule has 0 spiro atoms. The zero-order valence-electron chi connectivity index (χ0n) is 17.2. The summed E-state index contributed by atoms with van der Waals surface area (Å²) in [6.45, 7) is -0.0588. The molecule has 0 atom stereocenters. The molecule has 170 valence electrons. The molecule has 0 bridgehead atoms. The van der Waals surface area contributed by atoms with E-state index in [1.165, 1.54) is 18.1 Å². The maximum atomic E-state index is 12.7. The number of ether oxygens (including phenoxy) is 1. The number of halogens is 4. The molecule has 0 fully saturated rings. The summed E-state index contributed by atoms with van der Waals surface area (Å²) in [5.74, 6) is 0.286. The van der Waals surface area contributed by atoms with Gasteiger partial charge in [-0.2, -0.15) is 13.2 Å². The van der Waals surface area contributed by atoms with E-state index in [1.54, 1.807) is 24.5 Å². The molecule has 7 nitrogen and oxygen atoms in total. The standard InChI is InChI=1S/C22H17ClF3N5O2/c1-33-21(32)31(12-14-2-4-18(27-9-14)22(24,25)26)19-5-3-13(8-28-19)6-15-10-29-20-17(15)7-16(23)11-30-20/h2-5,7-11H,6,12H2,1H3,(H,29,30). The molecule has 4 aromatic heterocycles. The van der Waals surface area contributed by atoms with Crippen LogP contribution in [0.15, 0.2) is 55.1 Å². The Bertz CT molecular complexity index is 1270. The lowest BCUT2D eigenvalue weighted by molar-refractivity contribution is -0.141. The Morgan fingerprint density at radius 2 is 1.85 bits per heavy atom. The van der Waals surface area contributed by atoms with Crippen LogP contribution in [-0.4, -0.2) is 33.1 Å². The van der Waals surface area contributed by atoms with Crippen molar-refractivity contribution in [3.05, 3.63) is 82.5 Å². The number of carbonyl (C=O) groups is 1. The van der Waals surface area contributed by atoms with Crippen LogP contribution < -0.4 is 4.90 Å². The fourth-order valence-electron chi connectivity index (χ4n) is 3.30. The van der Waals surface area contributed by atoms with Crippen LogP contribution in [0.1, 0.15) is 22.4 Å². The lowest BCUT2D eigenvalue weighted by Gasteiger charge is -2.20. The second-order valence-electron chi connectivity index (χ2n) is 7.17. The molecule has 1 amide bonds. The largest absolute Gasteiger partial charge is 0.452 e. The van der Waals surface area contributed by atoms with Gasteiger partial charge >= 0.3 is 12.3 Å². The van der Waals surface area contributed by atoms with Crippen molar-refractivity contribution >= 4 is 34.5 Å². The third kappa shape index (κ3) is 5.06. The van der Waals surface area contributed by atoms with E-state index in [4.69, 9.17) is 16.3 Å². The van der Waals surface area contributed by atoms with E-state index in [9.17, 15) is 18.0 Å². The van der Waals surface area contributed by atoms with Gasteiger partial charge < -0.3 is 9.72 Å². The van der Waals surface area contributed by atoms with E-state index in [-0.39, 0.29) is 12.4 Å². The number of anilines is 1. The lowest BCUT2D eigenvalue weighted by atomic mass is 10.1. The number of aromatic amines is 1. The zero-order chi connectivity index (χ0) is 23.6. The highest BCUT2D eigenvalue weighted by Crippen LogP contribution is 2.28. The molecule has 4 heterocycles. The summed E-state index contributed by atoms with van der Waals surface area (Å²) in [5.41, 5.74) is 1.96. The Morgan fingerprint density at radius 3 is 2.48 bits per heavy atom. The minimum absolute atomic E-state index is 0.0588. The molecule has 0 radical (unpaired) electrons. The molecule has 0 aliphatic heterocycles. The number of rotatable bonds is 5. The number of alkyl halides is 3. The van der Waals surface area contributed by atoms with Gasteiger partial charge in [-0.3, -0.25) is 9.88 Å². The van der Waals surface area contributed by atoms with Crippen molar-refractivity contribution in [1.29, 1.82) is 0 Å². The van der Waals surface area contributed by atoms with Gasteiger partial charge in [-0.1, -0.05) is 23.7 Å². The smallest absolute Gasteiger partial charge is 0.433 e. The molecule has 4 aromatic rings. The average Bonchev–Trinajstić information content (AvgIpc) is 3.19. The number of nitrogens with zero attached hydrogens (tertiary/aromatic N) is 4. The first-order valence-electron chi connectivity index (χ1n) is 9.68. The number of carbonyl (C=O) groups excluding carboxylic acids is 1. The van der Waals surface area contributed by atoms with E-state index in [1.807, 2.05) is 12.3 Å². The SMILES string of the molecule is COC(=O)N(Cc1ccc(C(F)(F)F)nc1)c1ccc(Cc2c[nH]c3ncc(Cl)cc23)cn1. The number of H-pyrrole nitrogens is 1. The number of hydrogen-bond acceptors (Lipinski definition) is 5. The Hall–Kier alpha value is -3.66. The molecular weight excluding hydrogens is 459 g/mol. The van der Waals surface area contributed by atoms with E-state index >= 15 is 0 Å². The fourth-order valence-corrected chi connectivity index (χ4v) is 3.45. The van der Waals surface area contributed by atoms with Crippen LogP contribution in [0.4, 0.5) is 23.8 Å². The number of nitrogens with one attached hydrogen (secondary N) is 1. The van der Waals surface area contributed by atoms with Gasteiger partial charge in [0.05, 0.1) is 18.7 Å². The van der Waals surface area contributed by atoms with Crippen molar-refractivity contribution in [2.24, 2.45) is 0 Å². The molecule has 0 saturated carbocycles. The van der Waals surface area contributed by atoms with Crippen molar-refractivity contribution in [2.45, 2.75) is 19.1 Å². The van der Waals surface area contributed by atoms with Gasteiger partial charge in [-0.05, 0) is 34.9 Å². The maximum Gasteiger partial charge on any atom is 0.433 e. The number of aromatic nitrogens is 4. The number of pyridine rings is 3. The van der Waals surface area contributed by atoms with Crippen molar-refractivity contribution in [3.63, 3.8) is 0 Å². The molecule has 0 aromatic carbocycles. The van der Waals surface area contributed by atoms with Gasteiger partial charge in [-0.25, -0.2) is 14.8 Å². The van der Waals surface area contributed by atoms with E-state index in [2.05, 4.69) is 19.9 Å². The first kappa shape index (κ1) is 22.5. The molecule has 0 aliphatic carbocycles. The van der Waals surface area contributed by atoms with Gasteiger partial charge in [0.25, 0.3) is 0 Å². The third-order valence-electron chi connectivity index (χ3n) is 4.91. The fraction of sp³-hybridized carbons (Fsp3) is 0.182. The summed E-state index contributed by atoms with van der Waals surface area (Å²) in [4.78, 5) is 28.6. The van der Waals surface area contributed by atoms with Crippen LogP contribution in [0, 0.1) is 0 Å². The summed E-state index contributed by atoms with van der Waals surface area (Å²) < 4.78 is 43.0. The highest BCUT2D eigenvalue weighted by atomic mass is 35.5. The molecule has 1 N–H and O–H groups in total. The van der Waals surface area contributed by atoms with Crippen molar-refractivity contribution in [2.75, 3.05) is 12.0 Å². The van der Waals surface area contributed by atoms with E-state index in [0.717, 1.165) is 34.4 Å². The lowest BCUT2D eigenvalue weighted by Crippen LogP contribution is -2.31. The number of hydrogen-bond donors (Lipinski definition) is 1. The number of amides is 1. The van der Waals surface area contributed by atoms with Gasteiger partial charge in [-0.15, -0.1) is 0 Å². The van der Waals surface area contributed by atoms with Crippen LogP contribution in [0.2, 0.25) is 5.02 Å². The minimum atomic E-state index is -4.54. The zero-order valence-corrected chi connectivity index (χ0v) is 18.0. The van der Waals surface area contributed by atoms with Crippen LogP contribution >= 0.6 is 11.6 Å². The van der Waals surface area contributed by atoms with Crippen LogP contribution in [-0.2, 0) is 23.9 Å².